The van der Waals surface area contributed by atoms with Crippen LogP contribution in [-0.2, 0) is 13.0 Å². The van der Waals surface area contributed by atoms with Gasteiger partial charge in [0, 0.05) is 24.8 Å². The Bertz CT molecular complexity index is 818. The number of aromatic nitrogens is 3. The molecule has 0 radical (unpaired) electrons. The SMILES string of the molecule is Fc1cccc(N2CCCc3oc(-c4ccncn4)nc3C2)c1. The lowest BCUT2D eigenvalue weighted by molar-refractivity contribution is 0.511. The molecule has 1 aliphatic heterocycles. The highest BCUT2D eigenvalue weighted by molar-refractivity contribution is 5.50. The highest BCUT2D eigenvalue weighted by atomic mass is 19.1. The van der Waals surface area contributed by atoms with Crippen LogP contribution in [0.25, 0.3) is 11.6 Å². The number of halogens is 1. The van der Waals surface area contributed by atoms with E-state index in [0.717, 1.165) is 36.5 Å². The predicted molar refractivity (Wildman–Crippen MR) is 83.3 cm³/mol. The third-order valence-corrected chi connectivity index (χ3v) is 3.93. The minimum atomic E-state index is -0.228. The lowest BCUT2D eigenvalue weighted by atomic mass is 10.2. The average Bonchev–Trinajstić information content (AvgIpc) is 2.87. The number of oxazole rings is 1. The highest BCUT2D eigenvalue weighted by Crippen LogP contribution is 2.27. The Labute approximate surface area is 132 Å². The van der Waals surface area contributed by atoms with Crippen molar-refractivity contribution in [1.82, 2.24) is 15.0 Å². The molecule has 1 aliphatic rings. The second kappa shape index (κ2) is 5.79. The van der Waals surface area contributed by atoms with Gasteiger partial charge in [0.05, 0.1) is 6.54 Å². The van der Waals surface area contributed by atoms with Crippen LogP contribution in [0.5, 0.6) is 0 Å². The third-order valence-electron chi connectivity index (χ3n) is 3.93. The summed E-state index contributed by atoms with van der Waals surface area (Å²) in [6, 6.07) is 8.42. The highest BCUT2D eigenvalue weighted by Gasteiger charge is 2.21. The van der Waals surface area contributed by atoms with E-state index >= 15 is 0 Å². The normalized spacial score (nSPS) is 14.4. The molecule has 116 valence electrons. The zero-order valence-electron chi connectivity index (χ0n) is 12.4. The zero-order chi connectivity index (χ0) is 15.6. The Morgan fingerprint density at radius 1 is 1.22 bits per heavy atom. The number of fused-ring (bicyclic) bond motifs is 1. The van der Waals surface area contributed by atoms with E-state index in [0.29, 0.717) is 18.1 Å². The fourth-order valence-electron chi connectivity index (χ4n) is 2.81. The standard InChI is InChI=1S/C17H15FN4O/c18-12-3-1-4-13(9-12)22-8-2-5-16-15(10-22)21-17(23-16)14-6-7-19-11-20-14/h1,3-4,6-7,9,11H,2,5,8,10H2. The van der Waals surface area contributed by atoms with Gasteiger partial charge in [0.1, 0.15) is 29.3 Å². The molecular formula is C17H15FN4O. The predicted octanol–water partition coefficient (Wildman–Crippen LogP) is 3.22. The molecule has 5 nitrogen and oxygen atoms in total. The van der Waals surface area contributed by atoms with E-state index in [9.17, 15) is 4.39 Å². The Balaban J connectivity index is 1.65. The zero-order valence-corrected chi connectivity index (χ0v) is 12.4. The minimum Gasteiger partial charge on any atom is -0.440 e. The van der Waals surface area contributed by atoms with Gasteiger partial charge in [-0.3, -0.25) is 0 Å². The first-order chi connectivity index (χ1) is 11.3. The summed E-state index contributed by atoms with van der Waals surface area (Å²) >= 11 is 0. The van der Waals surface area contributed by atoms with Crippen molar-refractivity contribution in [2.45, 2.75) is 19.4 Å². The number of hydrogen-bond donors (Lipinski definition) is 0. The van der Waals surface area contributed by atoms with Crippen LogP contribution in [0.3, 0.4) is 0 Å². The summed E-state index contributed by atoms with van der Waals surface area (Å²) in [6.07, 6.45) is 4.89. The van der Waals surface area contributed by atoms with Crippen molar-refractivity contribution >= 4 is 5.69 Å². The molecule has 0 atom stereocenters. The van der Waals surface area contributed by atoms with Gasteiger partial charge in [-0.05, 0) is 30.7 Å². The molecule has 0 fully saturated rings. The summed E-state index contributed by atoms with van der Waals surface area (Å²) in [7, 11) is 0. The first-order valence-electron chi connectivity index (χ1n) is 7.55. The quantitative estimate of drug-likeness (QED) is 0.727. The van der Waals surface area contributed by atoms with E-state index in [2.05, 4.69) is 19.9 Å². The maximum Gasteiger partial charge on any atom is 0.245 e. The molecule has 0 unspecified atom stereocenters. The van der Waals surface area contributed by atoms with Crippen LogP contribution in [0.2, 0.25) is 0 Å². The smallest absolute Gasteiger partial charge is 0.245 e. The van der Waals surface area contributed by atoms with Gasteiger partial charge in [-0.25, -0.2) is 19.3 Å². The van der Waals surface area contributed by atoms with Gasteiger partial charge in [-0.1, -0.05) is 6.07 Å². The molecule has 3 aromatic rings. The van der Waals surface area contributed by atoms with E-state index in [4.69, 9.17) is 4.42 Å². The molecule has 0 saturated carbocycles. The summed E-state index contributed by atoms with van der Waals surface area (Å²) in [5.41, 5.74) is 2.43. The van der Waals surface area contributed by atoms with Crippen molar-refractivity contribution in [3.05, 3.63) is 60.1 Å². The van der Waals surface area contributed by atoms with Crippen molar-refractivity contribution in [3.63, 3.8) is 0 Å². The van der Waals surface area contributed by atoms with Gasteiger partial charge < -0.3 is 9.32 Å². The maximum absolute atomic E-state index is 13.5. The van der Waals surface area contributed by atoms with Crippen molar-refractivity contribution in [2.24, 2.45) is 0 Å². The van der Waals surface area contributed by atoms with Crippen LogP contribution in [0.4, 0.5) is 10.1 Å². The largest absolute Gasteiger partial charge is 0.440 e. The maximum atomic E-state index is 13.5. The first kappa shape index (κ1) is 13.9. The molecule has 0 spiro atoms. The second-order valence-electron chi connectivity index (χ2n) is 5.49. The van der Waals surface area contributed by atoms with Crippen LogP contribution in [0.1, 0.15) is 17.9 Å². The average molecular weight is 310 g/mol. The molecule has 6 heteroatoms. The van der Waals surface area contributed by atoms with Crippen molar-refractivity contribution in [3.8, 4) is 11.6 Å². The molecular weight excluding hydrogens is 295 g/mol. The molecule has 0 N–H and O–H groups in total. The van der Waals surface area contributed by atoms with Crippen LogP contribution in [0, 0.1) is 5.82 Å². The molecule has 0 amide bonds. The second-order valence-corrected chi connectivity index (χ2v) is 5.49. The van der Waals surface area contributed by atoms with E-state index in [-0.39, 0.29) is 5.82 Å². The van der Waals surface area contributed by atoms with Crippen LogP contribution in [-0.4, -0.2) is 21.5 Å². The number of nitrogens with zero attached hydrogens (tertiary/aromatic N) is 4. The van der Waals surface area contributed by atoms with E-state index in [1.807, 2.05) is 6.07 Å². The number of benzene rings is 1. The van der Waals surface area contributed by atoms with Gasteiger partial charge in [0.15, 0.2) is 0 Å². The Morgan fingerprint density at radius 2 is 2.17 bits per heavy atom. The lowest BCUT2D eigenvalue weighted by Crippen LogP contribution is -2.22. The van der Waals surface area contributed by atoms with Crippen LogP contribution >= 0.6 is 0 Å². The van der Waals surface area contributed by atoms with Crippen molar-refractivity contribution in [2.75, 3.05) is 11.4 Å². The van der Waals surface area contributed by atoms with Crippen LogP contribution < -0.4 is 4.90 Å². The Hall–Kier alpha value is -2.76. The number of hydrogen-bond acceptors (Lipinski definition) is 5. The van der Waals surface area contributed by atoms with E-state index in [1.165, 1.54) is 12.4 Å². The molecule has 1 aromatic carbocycles. The monoisotopic (exact) mass is 310 g/mol. The number of aryl methyl sites for hydroxylation is 1. The van der Waals surface area contributed by atoms with Gasteiger partial charge in [-0.2, -0.15) is 0 Å². The first-order valence-corrected chi connectivity index (χ1v) is 7.55. The third kappa shape index (κ3) is 2.79. The minimum absolute atomic E-state index is 0.228. The summed E-state index contributed by atoms with van der Waals surface area (Å²) in [4.78, 5) is 14.8. The molecule has 23 heavy (non-hydrogen) atoms. The summed E-state index contributed by atoms with van der Waals surface area (Å²) < 4.78 is 19.3. The van der Waals surface area contributed by atoms with E-state index in [1.54, 1.807) is 24.4 Å². The van der Waals surface area contributed by atoms with Gasteiger partial charge in [-0.15, -0.1) is 0 Å². The summed E-state index contributed by atoms with van der Waals surface area (Å²) in [5, 5.41) is 0. The molecule has 2 aromatic heterocycles. The Kier molecular flexibility index (Phi) is 3.49. The molecule has 0 saturated heterocycles. The van der Waals surface area contributed by atoms with Crippen molar-refractivity contribution in [1.29, 1.82) is 0 Å². The molecule has 3 heterocycles. The topological polar surface area (TPSA) is 55.1 Å². The van der Waals surface area contributed by atoms with Gasteiger partial charge >= 0.3 is 0 Å². The molecule has 0 bridgehead atoms. The van der Waals surface area contributed by atoms with E-state index < -0.39 is 0 Å². The lowest BCUT2D eigenvalue weighted by Gasteiger charge is -2.22. The fourth-order valence-corrected chi connectivity index (χ4v) is 2.81. The fraction of sp³-hybridized carbons (Fsp3) is 0.235. The molecule has 0 aliphatic carbocycles. The summed E-state index contributed by atoms with van der Waals surface area (Å²) in [6.45, 7) is 1.45. The number of rotatable bonds is 2. The van der Waals surface area contributed by atoms with Gasteiger partial charge in [0.25, 0.3) is 0 Å². The van der Waals surface area contributed by atoms with Crippen molar-refractivity contribution < 1.29 is 8.81 Å². The summed E-state index contributed by atoms with van der Waals surface area (Å²) in [5.74, 6) is 1.17. The van der Waals surface area contributed by atoms with Gasteiger partial charge in [0.2, 0.25) is 5.89 Å². The molecule has 4 rings (SSSR count). The van der Waals surface area contributed by atoms with Crippen LogP contribution in [0.15, 0.2) is 47.3 Å². The number of anilines is 1. The Morgan fingerprint density at radius 3 is 3.00 bits per heavy atom.